The number of benzene rings is 2. The van der Waals surface area contributed by atoms with Crippen molar-refractivity contribution in [2.24, 2.45) is 7.05 Å². The van der Waals surface area contributed by atoms with Gasteiger partial charge in [-0.25, -0.2) is 0 Å². The highest BCUT2D eigenvalue weighted by atomic mass is 16.1. The molecule has 0 spiro atoms. The molecular weight excluding hydrogens is 334 g/mol. The number of nitrogens with zero attached hydrogens (tertiary/aromatic N) is 2. The maximum atomic E-state index is 13.1. The standard InChI is InChI=1S/C23H25N3O/c1-23(2)14-20(17-11-7-8-12-19(17)23)25-22(27)18-15-24-26(3)21(18)13-16-9-5-4-6-10-16/h4-12,15,20H,13-14H2,1-3H3,(H,25,27). The first kappa shape index (κ1) is 17.5. The summed E-state index contributed by atoms with van der Waals surface area (Å²) in [5.41, 5.74) is 5.38. The van der Waals surface area contributed by atoms with Crippen molar-refractivity contribution in [1.29, 1.82) is 0 Å². The lowest BCUT2D eigenvalue weighted by Crippen LogP contribution is -2.29. The third-order valence-electron chi connectivity index (χ3n) is 5.61. The number of amides is 1. The van der Waals surface area contributed by atoms with Crippen molar-refractivity contribution in [2.45, 2.75) is 38.1 Å². The van der Waals surface area contributed by atoms with Crippen molar-refractivity contribution in [3.8, 4) is 0 Å². The summed E-state index contributed by atoms with van der Waals surface area (Å²) in [6.45, 7) is 4.48. The van der Waals surface area contributed by atoms with Crippen LogP contribution in [0.1, 0.15) is 59.1 Å². The minimum atomic E-state index is -0.0495. The van der Waals surface area contributed by atoms with E-state index in [1.54, 1.807) is 10.9 Å². The van der Waals surface area contributed by atoms with Gasteiger partial charge in [-0.05, 0) is 28.5 Å². The van der Waals surface area contributed by atoms with Crippen LogP contribution in [0.2, 0.25) is 0 Å². The molecule has 4 heteroatoms. The molecule has 1 heterocycles. The van der Waals surface area contributed by atoms with Crippen LogP contribution < -0.4 is 5.32 Å². The zero-order valence-electron chi connectivity index (χ0n) is 16.1. The van der Waals surface area contributed by atoms with Crippen LogP contribution in [0.25, 0.3) is 0 Å². The van der Waals surface area contributed by atoms with Gasteiger partial charge in [0.05, 0.1) is 23.5 Å². The number of carbonyl (C=O) groups is 1. The van der Waals surface area contributed by atoms with Crippen molar-refractivity contribution < 1.29 is 4.79 Å². The van der Waals surface area contributed by atoms with Crippen molar-refractivity contribution in [1.82, 2.24) is 15.1 Å². The molecule has 1 N–H and O–H groups in total. The fraction of sp³-hybridized carbons (Fsp3) is 0.304. The molecule has 1 atom stereocenters. The van der Waals surface area contributed by atoms with E-state index in [4.69, 9.17) is 0 Å². The van der Waals surface area contributed by atoms with Crippen LogP contribution in [-0.2, 0) is 18.9 Å². The second kappa shape index (κ2) is 6.69. The highest BCUT2D eigenvalue weighted by Gasteiger charge is 2.37. The van der Waals surface area contributed by atoms with Gasteiger partial charge in [0.25, 0.3) is 5.91 Å². The van der Waals surface area contributed by atoms with Crippen molar-refractivity contribution >= 4 is 5.91 Å². The Kier molecular flexibility index (Phi) is 4.34. The third kappa shape index (κ3) is 3.27. The summed E-state index contributed by atoms with van der Waals surface area (Å²) in [7, 11) is 1.89. The van der Waals surface area contributed by atoms with Gasteiger partial charge in [-0.1, -0.05) is 68.4 Å². The third-order valence-corrected chi connectivity index (χ3v) is 5.61. The molecule has 4 rings (SSSR count). The smallest absolute Gasteiger partial charge is 0.255 e. The lowest BCUT2D eigenvalue weighted by atomic mass is 9.86. The molecule has 138 valence electrons. The number of fused-ring (bicyclic) bond motifs is 1. The highest BCUT2D eigenvalue weighted by Crippen LogP contribution is 2.44. The maximum absolute atomic E-state index is 13.1. The second-order valence-electron chi connectivity index (χ2n) is 7.99. The van der Waals surface area contributed by atoms with Crippen LogP contribution in [-0.4, -0.2) is 15.7 Å². The Morgan fingerprint density at radius 3 is 2.63 bits per heavy atom. The van der Waals surface area contributed by atoms with Crippen molar-refractivity contribution in [2.75, 3.05) is 0 Å². The predicted molar refractivity (Wildman–Crippen MR) is 107 cm³/mol. The molecule has 4 nitrogen and oxygen atoms in total. The number of nitrogens with one attached hydrogen (secondary N) is 1. The molecule has 1 unspecified atom stereocenters. The lowest BCUT2D eigenvalue weighted by molar-refractivity contribution is 0.0933. The summed E-state index contributed by atoms with van der Waals surface area (Å²) in [5.74, 6) is -0.0495. The fourth-order valence-electron chi connectivity index (χ4n) is 4.16. The molecule has 1 aliphatic carbocycles. The summed E-state index contributed by atoms with van der Waals surface area (Å²) >= 11 is 0. The molecule has 3 aromatic rings. The number of hydrogen-bond acceptors (Lipinski definition) is 2. The van der Waals surface area contributed by atoms with E-state index in [0.29, 0.717) is 12.0 Å². The zero-order valence-corrected chi connectivity index (χ0v) is 16.1. The molecule has 2 aromatic carbocycles. The summed E-state index contributed by atoms with van der Waals surface area (Å²) in [6, 6.07) is 18.6. The fourth-order valence-corrected chi connectivity index (χ4v) is 4.16. The number of aryl methyl sites for hydroxylation is 1. The molecule has 0 aliphatic heterocycles. The van der Waals surface area contributed by atoms with Gasteiger partial charge < -0.3 is 5.32 Å². The Morgan fingerprint density at radius 1 is 1.15 bits per heavy atom. The van der Waals surface area contributed by atoms with Crippen LogP contribution in [0.15, 0.2) is 60.8 Å². The topological polar surface area (TPSA) is 46.9 Å². The van der Waals surface area contributed by atoms with E-state index in [1.165, 1.54) is 16.7 Å². The normalized spacial score (nSPS) is 17.5. The van der Waals surface area contributed by atoms with Gasteiger partial charge in [-0.3, -0.25) is 9.48 Å². The number of rotatable bonds is 4. The van der Waals surface area contributed by atoms with Gasteiger partial charge in [0.15, 0.2) is 0 Å². The van der Waals surface area contributed by atoms with E-state index in [1.807, 2.05) is 31.3 Å². The van der Waals surface area contributed by atoms with Gasteiger partial charge in [0.2, 0.25) is 0 Å². The molecule has 1 amide bonds. The van der Waals surface area contributed by atoms with Gasteiger partial charge in [-0.2, -0.15) is 5.10 Å². The SMILES string of the molecule is Cn1ncc(C(=O)NC2CC(C)(C)c3ccccc32)c1Cc1ccccc1. The average Bonchev–Trinajstić information content (AvgIpc) is 3.14. The summed E-state index contributed by atoms with van der Waals surface area (Å²) in [6.07, 6.45) is 3.28. The van der Waals surface area contributed by atoms with Crippen LogP contribution in [0.4, 0.5) is 0 Å². The molecule has 0 fully saturated rings. The number of hydrogen-bond donors (Lipinski definition) is 1. The Bertz CT molecular complexity index is 972. The Balaban J connectivity index is 1.58. The number of aromatic nitrogens is 2. The van der Waals surface area contributed by atoms with E-state index in [-0.39, 0.29) is 17.4 Å². The van der Waals surface area contributed by atoms with Crippen molar-refractivity contribution in [3.63, 3.8) is 0 Å². The molecule has 0 radical (unpaired) electrons. The van der Waals surface area contributed by atoms with Crippen LogP contribution in [0, 0.1) is 0 Å². The Hall–Kier alpha value is -2.88. The monoisotopic (exact) mass is 359 g/mol. The molecule has 0 bridgehead atoms. The quantitative estimate of drug-likeness (QED) is 0.760. The summed E-state index contributed by atoms with van der Waals surface area (Å²) in [4.78, 5) is 13.1. The van der Waals surface area contributed by atoms with E-state index in [9.17, 15) is 4.79 Å². The molecule has 1 aliphatic rings. The minimum Gasteiger partial charge on any atom is -0.345 e. The Morgan fingerprint density at radius 2 is 1.85 bits per heavy atom. The largest absolute Gasteiger partial charge is 0.345 e. The average molecular weight is 359 g/mol. The van der Waals surface area contributed by atoms with E-state index >= 15 is 0 Å². The minimum absolute atomic E-state index is 0.0356. The van der Waals surface area contributed by atoms with Crippen LogP contribution >= 0.6 is 0 Å². The van der Waals surface area contributed by atoms with Gasteiger partial charge in [0, 0.05) is 13.5 Å². The molecule has 27 heavy (non-hydrogen) atoms. The van der Waals surface area contributed by atoms with Gasteiger partial charge in [0.1, 0.15) is 0 Å². The first-order chi connectivity index (χ1) is 13.0. The van der Waals surface area contributed by atoms with E-state index < -0.39 is 0 Å². The highest BCUT2D eigenvalue weighted by molar-refractivity contribution is 5.95. The van der Waals surface area contributed by atoms with Gasteiger partial charge >= 0.3 is 0 Å². The van der Waals surface area contributed by atoms with E-state index in [0.717, 1.165) is 12.1 Å². The molecule has 0 saturated heterocycles. The summed E-state index contributed by atoms with van der Waals surface area (Å²) < 4.78 is 1.80. The second-order valence-corrected chi connectivity index (χ2v) is 7.99. The van der Waals surface area contributed by atoms with Crippen LogP contribution in [0.5, 0.6) is 0 Å². The molecule has 1 aromatic heterocycles. The maximum Gasteiger partial charge on any atom is 0.255 e. The molecule has 0 saturated carbocycles. The van der Waals surface area contributed by atoms with Crippen molar-refractivity contribution in [3.05, 3.63) is 88.7 Å². The van der Waals surface area contributed by atoms with Gasteiger partial charge in [-0.15, -0.1) is 0 Å². The Labute approximate surface area is 160 Å². The van der Waals surface area contributed by atoms with E-state index in [2.05, 4.69) is 54.6 Å². The summed E-state index contributed by atoms with van der Waals surface area (Å²) in [5, 5.41) is 7.59. The lowest BCUT2D eigenvalue weighted by Gasteiger charge is -2.19. The van der Waals surface area contributed by atoms with Crippen LogP contribution in [0.3, 0.4) is 0 Å². The zero-order chi connectivity index (χ0) is 19.0. The first-order valence-corrected chi connectivity index (χ1v) is 9.41. The predicted octanol–water partition coefficient (Wildman–Crippen LogP) is 4.16. The number of carbonyl (C=O) groups excluding carboxylic acids is 1. The first-order valence-electron chi connectivity index (χ1n) is 9.41. The molecular formula is C23H25N3O.